The predicted molar refractivity (Wildman–Crippen MR) is 109 cm³/mol. The standard InChI is InChI=1S/C21H15BrFN3O3/c22-17-3-1-2-14(10-17)11-26-12-16(6-9-19(26)27)21-24-20(25-29-21)15-4-7-18(8-5-15)28-13-23/h1-10,12H,11,13H2. The normalized spacial score (nSPS) is 10.8. The Labute approximate surface area is 173 Å². The molecule has 4 rings (SSSR count). The molecule has 0 radical (unpaired) electrons. The van der Waals surface area contributed by atoms with Crippen LogP contribution in [-0.4, -0.2) is 21.6 Å². The maximum atomic E-state index is 12.2. The predicted octanol–water partition coefficient (Wildman–Crippen LogP) is 4.68. The molecular weight excluding hydrogens is 441 g/mol. The minimum atomic E-state index is -0.888. The molecule has 0 saturated carbocycles. The molecule has 0 bridgehead atoms. The molecule has 8 heteroatoms. The van der Waals surface area contributed by atoms with Gasteiger partial charge in [0.15, 0.2) is 0 Å². The van der Waals surface area contributed by atoms with Crippen molar-refractivity contribution >= 4 is 15.9 Å². The second-order valence-corrected chi connectivity index (χ2v) is 7.13. The van der Waals surface area contributed by atoms with Crippen LogP contribution >= 0.6 is 15.9 Å². The third-order valence-corrected chi connectivity index (χ3v) is 4.73. The van der Waals surface area contributed by atoms with Crippen molar-refractivity contribution in [1.29, 1.82) is 0 Å². The summed E-state index contributed by atoms with van der Waals surface area (Å²) < 4.78 is 24.9. The molecule has 0 amide bonds. The quantitative estimate of drug-likeness (QED) is 0.422. The second kappa shape index (κ2) is 8.40. The van der Waals surface area contributed by atoms with E-state index in [2.05, 4.69) is 26.1 Å². The summed E-state index contributed by atoms with van der Waals surface area (Å²) in [6.45, 7) is -0.468. The van der Waals surface area contributed by atoms with Crippen LogP contribution in [0.5, 0.6) is 5.75 Å². The maximum absolute atomic E-state index is 12.2. The third kappa shape index (κ3) is 4.43. The molecule has 0 saturated heterocycles. The van der Waals surface area contributed by atoms with Crippen molar-refractivity contribution in [2.45, 2.75) is 6.54 Å². The van der Waals surface area contributed by atoms with Gasteiger partial charge < -0.3 is 13.8 Å². The zero-order valence-corrected chi connectivity index (χ0v) is 16.7. The summed E-state index contributed by atoms with van der Waals surface area (Å²) in [5.74, 6) is 1.10. The van der Waals surface area contributed by atoms with E-state index in [4.69, 9.17) is 9.26 Å². The summed E-state index contributed by atoms with van der Waals surface area (Å²) in [5.41, 5.74) is 2.20. The lowest BCUT2D eigenvalue weighted by atomic mass is 10.2. The van der Waals surface area contributed by atoms with Gasteiger partial charge in [-0.1, -0.05) is 33.2 Å². The first-order valence-electron chi connectivity index (χ1n) is 8.70. The lowest BCUT2D eigenvalue weighted by molar-refractivity contribution is 0.192. The van der Waals surface area contributed by atoms with E-state index in [1.54, 1.807) is 41.1 Å². The van der Waals surface area contributed by atoms with Crippen LogP contribution in [0.1, 0.15) is 5.56 Å². The molecule has 0 unspecified atom stereocenters. The zero-order chi connectivity index (χ0) is 20.2. The molecule has 0 fully saturated rings. The molecule has 0 aliphatic rings. The number of hydrogen-bond donors (Lipinski definition) is 0. The lowest BCUT2D eigenvalue weighted by Crippen LogP contribution is -2.19. The van der Waals surface area contributed by atoms with Gasteiger partial charge in [-0.2, -0.15) is 4.98 Å². The van der Waals surface area contributed by atoms with E-state index in [0.29, 0.717) is 35.1 Å². The van der Waals surface area contributed by atoms with Gasteiger partial charge >= 0.3 is 0 Å². The number of aromatic nitrogens is 3. The number of nitrogens with zero attached hydrogens (tertiary/aromatic N) is 3. The van der Waals surface area contributed by atoms with Crippen LogP contribution in [0.4, 0.5) is 4.39 Å². The SMILES string of the molecule is O=c1ccc(-c2nc(-c3ccc(OCF)cc3)no2)cn1Cc1cccc(Br)c1. The Morgan fingerprint density at radius 1 is 1.07 bits per heavy atom. The number of benzene rings is 2. The summed E-state index contributed by atoms with van der Waals surface area (Å²) in [5, 5.41) is 3.99. The van der Waals surface area contributed by atoms with Crippen LogP contribution in [0.2, 0.25) is 0 Å². The van der Waals surface area contributed by atoms with Crippen molar-refractivity contribution < 1.29 is 13.7 Å². The average Bonchev–Trinajstić information content (AvgIpc) is 3.21. The van der Waals surface area contributed by atoms with E-state index in [1.165, 1.54) is 6.07 Å². The Kier molecular flexibility index (Phi) is 5.53. The Hall–Kier alpha value is -3.26. The smallest absolute Gasteiger partial charge is 0.259 e. The Morgan fingerprint density at radius 3 is 2.62 bits per heavy atom. The van der Waals surface area contributed by atoms with Gasteiger partial charge in [-0.25, -0.2) is 4.39 Å². The fourth-order valence-corrected chi connectivity index (χ4v) is 3.28. The first kappa shape index (κ1) is 19.1. The molecule has 0 aliphatic heterocycles. The van der Waals surface area contributed by atoms with Gasteiger partial charge in [-0.3, -0.25) is 4.79 Å². The van der Waals surface area contributed by atoms with E-state index >= 15 is 0 Å². The van der Waals surface area contributed by atoms with Crippen molar-refractivity contribution in [1.82, 2.24) is 14.7 Å². The first-order chi connectivity index (χ1) is 14.1. The van der Waals surface area contributed by atoms with Crippen LogP contribution in [0, 0.1) is 0 Å². The van der Waals surface area contributed by atoms with Crippen molar-refractivity contribution in [2.75, 3.05) is 6.86 Å². The summed E-state index contributed by atoms with van der Waals surface area (Å²) in [6.07, 6.45) is 1.69. The number of rotatable bonds is 6. The van der Waals surface area contributed by atoms with Crippen LogP contribution in [0.15, 0.2) is 80.7 Å². The van der Waals surface area contributed by atoms with Crippen LogP contribution in [-0.2, 0) is 6.54 Å². The maximum Gasteiger partial charge on any atom is 0.259 e. The van der Waals surface area contributed by atoms with Gasteiger partial charge in [0.05, 0.1) is 12.1 Å². The molecule has 0 N–H and O–H groups in total. The van der Waals surface area contributed by atoms with Crippen LogP contribution in [0.25, 0.3) is 22.8 Å². The minimum absolute atomic E-state index is 0.128. The molecule has 29 heavy (non-hydrogen) atoms. The molecule has 0 aliphatic carbocycles. The molecule has 4 aromatic rings. The highest BCUT2D eigenvalue weighted by Crippen LogP contribution is 2.23. The molecule has 2 aromatic carbocycles. The van der Waals surface area contributed by atoms with Gasteiger partial charge in [0, 0.05) is 22.3 Å². The van der Waals surface area contributed by atoms with Gasteiger partial charge in [0.1, 0.15) is 5.75 Å². The van der Waals surface area contributed by atoms with Gasteiger partial charge in [-0.05, 0) is 48.0 Å². The highest BCUT2D eigenvalue weighted by molar-refractivity contribution is 9.10. The average molecular weight is 456 g/mol. The largest absolute Gasteiger partial charge is 0.463 e. The Balaban J connectivity index is 1.60. The van der Waals surface area contributed by atoms with E-state index in [9.17, 15) is 9.18 Å². The summed E-state index contributed by atoms with van der Waals surface area (Å²) in [4.78, 5) is 16.7. The monoisotopic (exact) mass is 455 g/mol. The van der Waals surface area contributed by atoms with Gasteiger partial charge in [-0.15, -0.1) is 0 Å². The van der Waals surface area contributed by atoms with Gasteiger partial charge in [0.25, 0.3) is 11.4 Å². The number of pyridine rings is 1. The summed E-state index contributed by atoms with van der Waals surface area (Å²) in [6, 6.07) is 17.6. The molecule has 2 aromatic heterocycles. The molecule has 6 nitrogen and oxygen atoms in total. The highest BCUT2D eigenvalue weighted by atomic mass is 79.9. The molecule has 0 atom stereocenters. The third-order valence-electron chi connectivity index (χ3n) is 4.23. The summed E-state index contributed by atoms with van der Waals surface area (Å²) >= 11 is 3.44. The summed E-state index contributed by atoms with van der Waals surface area (Å²) in [7, 11) is 0. The molecule has 2 heterocycles. The second-order valence-electron chi connectivity index (χ2n) is 6.21. The van der Waals surface area contributed by atoms with Crippen molar-refractivity contribution in [3.05, 3.63) is 87.3 Å². The van der Waals surface area contributed by atoms with Crippen LogP contribution < -0.4 is 10.3 Å². The lowest BCUT2D eigenvalue weighted by Gasteiger charge is -2.07. The fourth-order valence-electron chi connectivity index (χ4n) is 2.83. The highest BCUT2D eigenvalue weighted by Gasteiger charge is 2.12. The van der Waals surface area contributed by atoms with E-state index in [0.717, 1.165) is 10.0 Å². The zero-order valence-electron chi connectivity index (χ0n) is 15.1. The van der Waals surface area contributed by atoms with Crippen molar-refractivity contribution in [2.24, 2.45) is 0 Å². The number of halogens is 2. The molecular formula is C21H15BrFN3O3. The number of hydrogen-bond acceptors (Lipinski definition) is 5. The Morgan fingerprint density at radius 2 is 1.86 bits per heavy atom. The minimum Gasteiger partial charge on any atom is -0.463 e. The molecule has 146 valence electrons. The molecule has 0 spiro atoms. The topological polar surface area (TPSA) is 70.2 Å². The number of ether oxygens (including phenoxy) is 1. The van der Waals surface area contributed by atoms with Crippen molar-refractivity contribution in [3.8, 4) is 28.6 Å². The Bertz CT molecular complexity index is 1190. The first-order valence-corrected chi connectivity index (χ1v) is 9.50. The van der Waals surface area contributed by atoms with Crippen molar-refractivity contribution in [3.63, 3.8) is 0 Å². The van der Waals surface area contributed by atoms with Gasteiger partial charge in [0.2, 0.25) is 12.7 Å². The van der Waals surface area contributed by atoms with Crippen LogP contribution in [0.3, 0.4) is 0 Å². The van der Waals surface area contributed by atoms with E-state index in [-0.39, 0.29) is 5.56 Å². The fraction of sp³-hybridized carbons (Fsp3) is 0.0952. The van der Waals surface area contributed by atoms with E-state index < -0.39 is 6.86 Å². The van der Waals surface area contributed by atoms with E-state index in [1.807, 2.05) is 24.3 Å². The number of alkyl halides is 1.